The maximum Gasteiger partial charge on any atom is 0.361 e. The van der Waals surface area contributed by atoms with Crippen molar-refractivity contribution in [3.05, 3.63) is 29.5 Å². The molecule has 20 heavy (non-hydrogen) atoms. The summed E-state index contributed by atoms with van der Waals surface area (Å²) in [7, 11) is 3.96. The second-order valence-electron chi connectivity index (χ2n) is 4.63. The van der Waals surface area contributed by atoms with Crippen molar-refractivity contribution in [3.8, 4) is 11.3 Å². The number of hydrogen-bond acceptors (Lipinski definition) is 5. The summed E-state index contributed by atoms with van der Waals surface area (Å²) in [5, 5.41) is 10.5. The monoisotopic (exact) mass is 274 g/mol. The van der Waals surface area contributed by atoms with Crippen LogP contribution in [0.25, 0.3) is 11.3 Å². The Morgan fingerprint density at radius 1 is 1.35 bits per heavy atom. The maximum absolute atomic E-state index is 11.8. The highest BCUT2D eigenvalue weighted by atomic mass is 16.5. The van der Waals surface area contributed by atoms with Crippen molar-refractivity contribution in [2.45, 2.75) is 13.8 Å². The van der Waals surface area contributed by atoms with E-state index >= 15 is 0 Å². The number of nitrogens with zero attached hydrogens (tertiary/aromatic N) is 3. The summed E-state index contributed by atoms with van der Waals surface area (Å²) in [6, 6.07) is 5.95. The summed E-state index contributed by atoms with van der Waals surface area (Å²) in [4.78, 5) is 13.9. The lowest BCUT2D eigenvalue weighted by Crippen LogP contribution is -2.09. The number of anilines is 1. The number of aromatic amines is 1. The van der Waals surface area contributed by atoms with Gasteiger partial charge in [-0.25, -0.2) is 4.79 Å². The molecule has 1 aromatic carbocycles. The number of aromatic nitrogens is 3. The van der Waals surface area contributed by atoms with Crippen LogP contribution in [-0.2, 0) is 4.74 Å². The van der Waals surface area contributed by atoms with Crippen LogP contribution in [0.4, 0.5) is 5.69 Å². The molecule has 0 atom stereocenters. The van der Waals surface area contributed by atoms with E-state index in [9.17, 15) is 4.79 Å². The molecule has 1 aromatic heterocycles. The largest absolute Gasteiger partial charge is 0.461 e. The number of hydrogen-bond donors (Lipinski definition) is 1. The van der Waals surface area contributed by atoms with Gasteiger partial charge in [-0.1, -0.05) is 6.07 Å². The molecule has 0 aliphatic rings. The molecule has 0 amide bonds. The number of aryl methyl sites for hydroxylation is 1. The molecule has 6 nitrogen and oxygen atoms in total. The third-order valence-electron chi connectivity index (χ3n) is 3.00. The highest BCUT2D eigenvalue weighted by Gasteiger charge is 2.20. The second-order valence-corrected chi connectivity index (χ2v) is 4.63. The fourth-order valence-electron chi connectivity index (χ4n) is 1.95. The van der Waals surface area contributed by atoms with Crippen molar-refractivity contribution in [3.63, 3.8) is 0 Å². The van der Waals surface area contributed by atoms with Crippen molar-refractivity contribution in [1.29, 1.82) is 0 Å². The van der Waals surface area contributed by atoms with Crippen molar-refractivity contribution in [1.82, 2.24) is 15.4 Å². The highest BCUT2D eigenvalue weighted by Crippen LogP contribution is 2.27. The molecule has 106 valence electrons. The van der Waals surface area contributed by atoms with E-state index in [1.807, 2.05) is 44.1 Å². The van der Waals surface area contributed by atoms with E-state index in [0.29, 0.717) is 12.3 Å². The quantitative estimate of drug-likeness (QED) is 0.864. The summed E-state index contributed by atoms with van der Waals surface area (Å²) in [5.41, 5.74) is 3.72. The minimum Gasteiger partial charge on any atom is -0.461 e. The molecule has 0 saturated heterocycles. The Balaban J connectivity index is 2.42. The van der Waals surface area contributed by atoms with E-state index in [4.69, 9.17) is 4.74 Å². The highest BCUT2D eigenvalue weighted by molar-refractivity contribution is 5.94. The molecule has 0 unspecified atom stereocenters. The van der Waals surface area contributed by atoms with Gasteiger partial charge in [0.25, 0.3) is 0 Å². The number of esters is 1. The second kappa shape index (κ2) is 5.73. The Kier molecular flexibility index (Phi) is 4.02. The lowest BCUT2D eigenvalue weighted by Gasteiger charge is -2.14. The van der Waals surface area contributed by atoms with E-state index in [1.54, 1.807) is 6.92 Å². The number of nitrogens with one attached hydrogen (secondary N) is 1. The van der Waals surface area contributed by atoms with Crippen LogP contribution in [0.1, 0.15) is 23.0 Å². The lowest BCUT2D eigenvalue weighted by molar-refractivity contribution is 0.0520. The van der Waals surface area contributed by atoms with Gasteiger partial charge in [0, 0.05) is 25.3 Å². The summed E-state index contributed by atoms with van der Waals surface area (Å²) < 4.78 is 4.98. The van der Waals surface area contributed by atoms with Crippen LogP contribution >= 0.6 is 0 Å². The molecule has 1 N–H and O–H groups in total. The molecule has 0 aliphatic heterocycles. The van der Waals surface area contributed by atoms with Gasteiger partial charge in [0.05, 0.1) is 6.61 Å². The Morgan fingerprint density at radius 3 is 2.70 bits per heavy atom. The van der Waals surface area contributed by atoms with Crippen molar-refractivity contribution in [2.75, 3.05) is 25.6 Å². The predicted octanol–water partition coefficient (Wildman–Crippen LogP) is 2.02. The van der Waals surface area contributed by atoms with Gasteiger partial charge in [-0.15, -0.1) is 5.10 Å². The first kappa shape index (κ1) is 14.0. The molecule has 0 aliphatic carbocycles. The standard InChI is InChI=1S/C14H18N4O2/c1-5-20-14(19)13-12(15-17-16-13)11-7-6-10(18(3)4)8-9(11)2/h6-8H,5H2,1-4H3,(H,15,16,17). The first-order chi connectivity index (χ1) is 9.54. The number of carbonyl (C=O) groups is 1. The Hall–Kier alpha value is -2.37. The summed E-state index contributed by atoms with van der Waals surface area (Å²) in [6.07, 6.45) is 0. The number of carbonyl (C=O) groups excluding carboxylic acids is 1. The van der Waals surface area contributed by atoms with Crippen LogP contribution in [0.5, 0.6) is 0 Å². The van der Waals surface area contributed by atoms with Gasteiger partial charge in [0.15, 0.2) is 5.69 Å². The zero-order valence-corrected chi connectivity index (χ0v) is 12.1. The van der Waals surface area contributed by atoms with Gasteiger partial charge >= 0.3 is 5.97 Å². The van der Waals surface area contributed by atoms with Gasteiger partial charge in [0.2, 0.25) is 0 Å². The molecular weight excluding hydrogens is 256 g/mol. The smallest absolute Gasteiger partial charge is 0.361 e. The van der Waals surface area contributed by atoms with Crippen LogP contribution in [0.2, 0.25) is 0 Å². The molecule has 0 bridgehead atoms. The van der Waals surface area contributed by atoms with Gasteiger partial charge < -0.3 is 9.64 Å². The number of rotatable bonds is 4. The zero-order chi connectivity index (χ0) is 14.7. The first-order valence-corrected chi connectivity index (χ1v) is 6.40. The number of benzene rings is 1. The van der Waals surface area contributed by atoms with Crippen LogP contribution in [-0.4, -0.2) is 42.1 Å². The summed E-state index contributed by atoms with van der Waals surface area (Å²) in [5.74, 6) is -0.465. The third kappa shape index (κ3) is 2.64. The van der Waals surface area contributed by atoms with Crippen molar-refractivity contribution < 1.29 is 9.53 Å². The molecule has 1 heterocycles. The average Bonchev–Trinajstić information content (AvgIpc) is 2.87. The normalized spacial score (nSPS) is 10.4. The summed E-state index contributed by atoms with van der Waals surface area (Å²) >= 11 is 0. The lowest BCUT2D eigenvalue weighted by atomic mass is 10.0. The topological polar surface area (TPSA) is 71.1 Å². The molecular formula is C14H18N4O2. The maximum atomic E-state index is 11.8. The summed E-state index contributed by atoms with van der Waals surface area (Å²) in [6.45, 7) is 4.05. The minimum absolute atomic E-state index is 0.215. The molecule has 0 saturated carbocycles. The molecule has 0 spiro atoms. The molecule has 0 radical (unpaired) electrons. The van der Waals surface area contributed by atoms with Crippen molar-refractivity contribution in [2.24, 2.45) is 0 Å². The first-order valence-electron chi connectivity index (χ1n) is 6.40. The predicted molar refractivity (Wildman–Crippen MR) is 76.8 cm³/mol. The Labute approximate surface area is 117 Å². The zero-order valence-electron chi connectivity index (χ0n) is 12.1. The molecule has 6 heteroatoms. The fraction of sp³-hybridized carbons (Fsp3) is 0.357. The van der Waals surface area contributed by atoms with E-state index < -0.39 is 5.97 Å². The average molecular weight is 274 g/mol. The fourth-order valence-corrected chi connectivity index (χ4v) is 1.95. The molecule has 0 fully saturated rings. The van der Waals surface area contributed by atoms with Gasteiger partial charge in [-0.2, -0.15) is 10.3 Å². The molecule has 2 aromatic rings. The van der Waals surface area contributed by atoms with E-state index in [0.717, 1.165) is 16.8 Å². The number of H-pyrrole nitrogens is 1. The number of ether oxygens (including phenoxy) is 1. The van der Waals surface area contributed by atoms with E-state index in [2.05, 4.69) is 15.4 Å². The van der Waals surface area contributed by atoms with Gasteiger partial charge in [-0.3, -0.25) is 0 Å². The third-order valence-corrected chi connectivity index (χ3v) is 3.00. The Morgan fingerprint density at radius 2 is 2.10 bits per heavy atom. The van der Waals surface area contributed by atoms with Crippen molar-refractivity contribution >= 4 is 11.7 Å². The van der Waals surface area contributed by atoms with Gasteiger partial charge in [0.1, 0.15) is 5.69 Å². The SMILES string of the molecule is CCOC(=O)c1n[nH]nc1-c1ccc(N(C)C)cc1C. The van der Waals surface area contributed by atoms with Crippen LogP contribution < -0.4 is 4.90 Å². The van der Waals surface area contributed by atoms with E-state index in [1.165, 1.54) is 0 Å². The minimum atomic E-state index is -0.465. The van der Waals surface area contributed by atoms with Crippen LogP contribution in [0.3, 0.4) is 0 Å². The molecule has 2 rings (SSSR count). The van der Waals surface area contributed by atoms with Crippen LogP contribution in [0, 0.1) is 6.92 Å². The van der Waals surface area contributed by atoms with Gasteiger partial charge in [-0.05, 0) is 31.5 Å². The van der Waals surface area contributed by atoms with E-state index in [-0.39, 0.29) is 5.69 Å². The van der Waals surface area contributed by atoms with Crippen LogP contribution in [0.15, 0.2) is 18.2 Å². The Bertz CT molecular complexity index is 619.